The van der Waals surface area contributed by atoms with Gasteiger partial charge in [0.25, 0.3) is 0 Å². The predicted molar refractivity (Wildman–Crippen MR) is 132 cm³/mol. The number of carbonyl (C=O) groups excluding carboxylic acids is 1. The highest BCUT2D eigenvalue weighted by atomic mass is 16.1. The molecule has 0 amide bonds. The third kappa shape index (κ3) is 2.70. The van der Waals surface area contributed by atoms with Gasteiger partial charge in [0.15, 0.2) is 0 Å². The largest absolute Gasteiger partial charge is 0.299 e. The zero-order valence-corrected chi connectivity index (χ0v) is 21.8. The second-order valence-corrected chi connectivity index (χ2v) is 14.9. The second-order valence-electron chi connectivity index (χ2n) is 14.9. The average molecular weight is 427 g/mol. The fourth-order valence-electron chi connectivity index (χ4n) is 10.4. The molecule has 1 unspecified atom stereocenters. The molecular formula is C30H50O. The highest BCUT2D eigenvalue weighted by Gasteiger charge is 2.68. The topological polar surface area (TPSA) is 17.1 Å². The number of ketones is 1. The molecule has 0 spiro atoms. The maximum Gasteiger partial charge on any atom is 0.138 e. The first-order valence-corrected chi connectivity index (χ1v) is 13.5. The summed E-state index contributed by atoms with van der Waals surface area (Å²) < 4.78 is 0. The van der Waals surface area contributed by atoms with Crippen molar-refractivity contribution in [3.8, 4) is 0 Å². The molecule has 5 rings (SSSR count). The van der Waals surface area contributed by atoms with E-state index in [2.05, 4.69) is 61.5 Å². The molecule has 5 aliphatic rings. The molecule has 4 saturated carbocycles. The molecule has 176 valence electrons. The lowest BCUT2D eigenvalue weighted by Crippen LogP contribution is -2.65. The van der Waals surface area contributed by atoms with Gasteiger partial charge in [0, 0.05) is 13.3 Å². The Bertz CT molecular complexity index is 838. The molecule has 4 fully saturated rings. The third-order valence-electron chi connectivity index (χ3n) is 12.7. The van der Waals surface area contributed by atoms with Crippen molar-refractivity contribution in [2.75, 3.05) is 0 Å². The molecule has 0 saturated heterocycles. The quantitative estimate of drug-likeness (QED) is 0.354. The zero-order chi connectivity index (χ0) is 22.7. The Kier molecular flexibility index (Phi) is 4.51. The first-order valence-electron chi connectivity index (χ1n) is 13.5. The summed E-state index contributed by atoms with van der Waals surface area (Å²) in [6, 6.07) is 0. The molecule has 0 radical (unpaired) electrons. The molecule has 7 atom stereocenters. The summed E-state index contributed by atoms with van der Waals surface area (Å²) in [5, 5.41) is 0. The number of fused-ring (bicyclic) bond motifs is 7. The van der Waals surface area contributed by atoms with E-state index < -0.39 is 0 Å². The summed E-state index contributed by atoms with van der Waals surface area (Å²) in [4.78, 5) is 12.9. The summed E-state index contributed by atoms with van der Waals surface area (Å²) in [7, 11) is 0. The Labute approximate surface area is 193 Å². The Hall–Kier alpha value is -0.590. The van der Waals surface area contributed by atoms with Crippen molar-refractivity contribution in [2.24, 2.45) is 50.2 Å². The van der Waals surface area contributed by atoms with E-state index in [1.54, 1.807) is 0 Å². The minimum absolute atomic E-state index is 0. The molecular weight excluding hydrogens is 376 g/mol. The number of rotatable bonds is 0. The SMILES string of the molecule is CC1(C)C=C2[C@H]3CCC4[C@@]5(C)CCC(=O)C(C)(C)[C@@H]5CC[C@@]4(C)[C@]3(C)CC[C@@]2(C)CC1.[HH]. The lowest BCUT2D eigenvalue weighted by molar-refractivity contribution is -0.211. The first-order chi connectivity index (χ1) is 14.2. The fraction of sp³-hybridized carbons (Fsp3) is 0.900. The fourth-order valence-corrected chi connectivity index (χ4v) is 10.4. The molecule has 0 aromatic rings. The van der Waals surface area contributed by atoms with Crippen LogP contribution in [0.4, 0.5) is 0 Å². The van der Waals surface area contributed by atoms with Crippen molar-refractivity contribution < 1.29 is 6.22 Å². The number of hydrogen-bond donors (Lipinski definition) is 0. The van der Waals surface area contributed by atoms with Gasteiger partial charge in [0.05, 0.1) is 0 Å². The van der Waals surface area contributed by atoms with Crippen LogP contribution in [0.5, 0.6) is 0 Å². The van der Waals surface area contributed by atoms with Crippen molar-refractivity contribution in [1.29, 1.82) is 0 Å². The molecule has 5 aliphatic carbocycles. The van der Waals surface area contributed by atoms with Crippen LogP contribution in [0.15, 0.2) is 11.6 Å². The molecule has 31 heavy (non-hydrogen) atoms. The molecule has 0 aromatic carbocycles. The summed E-state index contributed by atoms with van der Waals surface area (Å²) >= 11 is 0. The van der Waals surface area contributed by atoms with E-state index >= 15 is 0 Å². The number of hydrogen-bond acceptors (Lipinski definition) is 1. The van der Waals surface area contributed by atoms with Crippen LogP contribution in [-0.2, 0) is 4.79 Å². The van der Waals surface area contributed by atoms with Gasteiger partial charge in [-0.15, -0.1) is 0 Å². The molecule has 1 heteroatoms. The van der Waals surface area contributed by atoms with E-state index in [1.807, 2.05) is 5.57 Å². The number of Topliss-reactive ketones (excluding diaryl/α,β-unsaturated/α-hetero) is 1. The van der Waals surface area contributed by atoms with E-state index in [1.165, 1.54) is 51.4 Å². The maximum absolute atomic E-state index is 12.9. The lowest BCUT2D eigenvalue weighted by atomic mass is 9.32. The normalized spacial score (nSPS) is 52.8. The van der Waals surface area contributed by atoms with Crippen LogP contribution in [0.25, 0.3) is 0 Å². The Morgan fingerprint density at radius 2 is 1.42 bits per heavy atom. The van der Waals surface area contributed by atoms with Crippen LogP contribution in [0.1, 0.15) is 121 Å². The van der Waals surface area contributed by atoms with Gasteiger partial charge in [-0.3, -0.25) is 4.79 Å². The minimum atomic E-state index is -0.132. The molecule has 0 bridgehead atoms. The van der Waals surface area contributed by atoms with Gasteiger partial charge in [-0.05, 0) is 103 Å². The highest BCUT2D eigenvalue weighted by molar-refractivity contribution is 5.85. The summed E-state index contributed by atoms with van der Waals surface area (Å²) in [6.07, 6.45) is 15.6. The van der Waals surface area contributed by atoms with Gasteiger partial charge in [-0.25, -0.2) is 0 Å². The average Bonchev–Trinajstić information content (AvgIpc) is 2.67. The van der Waals surface area contributed by atoms with Crippen molar-refractivity contribution in [3.05, 3.63) is 11.6 Å². The van der Waals surface area contributed by atoms with Crippen LogP contribution in [0, 0.1) is 50.2 Å². The van der Waals surface area contributed by atoms with E-state index in [0.29, 0.717) is 38.8 Å². The number of allylic oxidation sites excluding steroid dienone is 2. The standard InChI is InChI=1S/C30H48O.H2/c1-25(2)15-16-27(5)17-18-29(7)20(21(27)19-25)9-10-23-28(6)13-12-24(31)26(3,4)22(28)11-14-30(23,29)8;/h19-20,22-23H,9-18H2,1-8H3;1H/t20-,22+,23?,27-,28+,29-,30-;/m1./s1. The van der Waals surface area contributed by atoms with E-state index in [9.17, 15) is 4.79 Å². The van der Waals surface area contributed by atoms with Crippen LogP contribution in [0.2, 0.25) is 0 Å². The zero-order valence-electron chi connectivity index (χ0n) is 21.8. The van der Waals surface area contributed by atoms with Crippen LogP contribution in [-0.4, -0.2) is 5.78 Å². The van der Waals surface area contributed by atoms with Gasteiger partial charge in [0.1, 0.15) is 5.78 Å². The molecule has 0 aliphatic heterocycles. The third-order valence-corrected chi connectivity index (χ3v) is 12.7. The van der Waals surface area contributed by atoms with E-state index in [0.717, 1.165) is 24.7 Å². The van der Waals surface area contributed by atoms with Crippen molar-refractivity contribution >= 4 is 5.78 Å². The van der Waals surface area contributed by atoms with E-state index in [-0.39, 0.29) is 6.84 Å². The Balaban J connectivity index is 0.00000245. The molecule has 0 aromatic heterocycles. The monoisotopic (exact) mass is 426 g/mol. The smallest absolute Gasteiger partial charge is 0.138 e. The van der Waals surface area contributed by atoms with Crippen molar-refractivity contribution in [2.45, 2.75) is 120 Å². The second kappa shape index (κ2) is 6.29. The Morgan fingerprint density at radius 1 is 0.742 bits per heavy atom. The predicted octanol–water partition coefficient (Wildman–Crippen LogP) is 8.62. The summed E-state index contributed by atoms with van der Waals surface area (Å²) in [6.45, 7) is 20.1. The minimum Gasteiger partial charge on any atom is -0.299 e. The lowest BCUT2D eigenvalue weighted by Gasteiger charge is -2.72. The maximum atomic E-state index is 12.9. The van der Waals surface area contributed by atoms with Crippen LogP contribution in [0.3, 0.4) is 0 Å². The van der Waals surface area contributed by atoms with Gasteiger partial charge in [-0.2, -0.15) is 0 Å². The summed E-state index contributed by atoms with van der Waals surface area (Å²) in [5.41, 5.74) is 3.68. The van der Waals surface area contributed by atoms with Gasteiger partial charge in [0.2, 0.25) is 0 Å². The highest BCUT2D eigenvalue weighted by Crippen LogP contribution is 2.76. The van der Waals surface area contributed by atoms with Crippen molar-refractivity contribution in [3.63, 3.8) is 0 Å². The van der Waals surface area contributed by atoms with Gasteiger partial charge in [-0.1, -0.05) is 67.0 Å². The molecule has 0 heterocycles. The van der Waals surface area contributed by atoms with Crippen LogP contribution < -0.4 is 0 Å². The Morgan fingerprint density at radius 3 is 2.13 bits per heavy atom. The van der Waals surface area contributed by atoms with Crippen molar-refractivity contribution in [1.82, 2.24) is 0 Å². The molecule has 0 N–H and O–H groups in total. The molecule has 1 nitrogen and oxygen atoms in total. The van der Waals surface area contributed by atoms with E-state index in [4.69, 9.17) is 0 Å². The van der Waals surface area contributed by atoms with Crippen LogP contribution >= 0.6 is 0 Å². The first kappa shape index (κ1) is 22.2. The number of carbonyl (C=O) groups is 1. The van der Waals surface area contributed by atoms with Gasteiger partial charge < -0.3 is 0 Å². The van der Waals surface area contributed by atoms with Gasteiger partial charge >= 0.3 is 0 Å². The summed E-state index contributed by atoms with van der Waals surface area (Å²) in [5.74, 6) is 2.64.